The van der Waals surface area contributed by atoms with Crippen molar-refractivity contribution in [3.63, 3.8) is 0 Å². The van der Waals surface area contributed by atoms with Crippen molar-refractivity contribution in [2.75, 3.05) is 0 Å². The van der Waals surface area contributed by atoms with E-state index in [0.717, 1.165) is 0 Å². The lowest BCUT2D eigenvalue weighted by atomic mass is 10.0. The molecule has 15 heavy (non-hydrogen) atoms. The summed E-state index contributed by atoms with van der Waals surface area (Å²) in [4.78, 5) is 11.4. The molecule has 0 aliphatic rings. The van der Waals surface area contributed by atoms with Crippen molar-refractivity contribution in [2.24, 2.45) is 0 Å². The van der Waals surface area contributed by atoms with Gasteiger partial charge in [-0.2, -0.15) is 0 Å². The van der Waals surface area contributed by atoms with E-state index in [1.807, 2.05) is 0 Å². The highest BCUT2D eigenvalue weighted by Crippen LogP contribution is 2.35. The molecule has 1 nitrogen and oxygen atoms in total. The number of alkyl halides is 3. The molecule has 1 unspecified atom stereocenters. The number of carbonyl (C=O) groups is 1. The molecule has 1 atom stereocenters. The van der Waals surface area contributed by atoms with E-state index in [1.54, 1.807) is 0 Å². The van der Waals surface area contributed by atoms with Crippen LogP contribution in [0.25, 0.3) is 0 Å². The molecule has 0 fully saturated rings. The maximum atomic E-state index is 12.6. The van der Waals surface area contributed by atoms with Gasteiger partial charge in [0.2, 0.25) is 0 Å². The van der Waals surface area contributed by atoms with Gasteiger partial charge in [0, 0.05) is 10.5 Å². The summed E-state index contributed by atoms with van der Waals surface area (Å²) < 4.78 is 25.3. The van der Waals surface area contributed by atoms with Crippen molar-refractivity contribution in [1.29, 1.82) is 0 Å². The van der Waals surface area contributed by atoms with Crippen LogP contribution < -0.4 is 0 Å². The van der Waals surface area contributed by atoms with E-state index in [9.17, 15) is 13.6 Å². The van der Waals surface area contributed by atoms with Gasteiger partial charge >= 0.3 is 0 Å². The Balaban J connectivity index is 3.30. The molecular weight excluding hydrogens is 242 g/mol. The van der Waals surface area contributed by atoms with Crippen molar-refractivity contribution in [3.05, 3.63) is 29.3 Å². The van der Waals surface area contributed by atoms with Crippen LogP contribution in [0.1, 0.15) is 29.9 Å². The fourth-order valence-corrected chi connectivity index (χ4v) is 1.90. The quantitative estimate of drug-likeness (QED) is 0.638. The van der Waals surface area contributed by atoms with Gasteiger partial charge < -0.3 is 0 Å². The average molecular weight is 251 g/mol. The standard InChI is InChI=1S/C10H9ClF2OS/c1-5(14)9(11)8-6(10(12)13)3-2-4-7(8)15/h2-4,9-10,15H,1H3. The van der Waals surface area contributed by atoms with E-state index in [4.69, 9.17) is 11.6 Å². The molecule has 0 saturated carbocycles. The topological polar surface area (TPSA) is 17.1 Å². The van der Waals surface area contributed by atoms with Crippen molar-refractivity contribution in [3.8, 4) is 0 Å². The second kappa shape index (κ2) is 4.94. The fourth-order valence-electron chi connectivity index (χ4n) is 1.24. The molecule has 0 heterocycles. The highest BCUT2D eigenvalue weighted by molar-refractivity contribution is 7.80. The number of rotatable bonds is 3. The van der Waals surface area contributed by atoms with Crippen molar-refractivity contribution < 1.29 is 13.6 Å². The summed E-state index contributed by atoms with van der Waals surface area (Å²) in [5, 5.41) is -1.07. The largest absolute Gasteiger partial charge is 0.298 e. The molecule has 0 aliphatic heterocycles. The molecule has 0 amide bonds. The molecular formula is C10H9ClF2OS. The van der Waals surface area contributed by atoms with Crippen molar-refractivity contribution in [1.82, 2.24) is 0 Å². The SMILES string of the molecule is CC(=O)C(Cl)c1c(S)cccc1C(F)F. The first-order valence-corrected chi connectivity index (χ1v) is 5.08. The zero-order valence-electron chi connectivity index (χ0n) is 7.88. The highest BCUT2D eigenvalue weighted by Gasteiger charge is 2.23. The molecule has 0 N–H and O–H groups in total. The number of ketones is 1. The first-order chi connectivity index (χ1) is 6.95. The van der Waals surface area contributed by atoms with Gasteiger partial charge in [-0.1, -0.05) is 12.1 Å². The zero-order chi connectivity index (χ0) is 11.6. The number of hydrogen-bond donors (Lipinski definition) is 1. The molecule has 0 aliphatic carbocycles. The predicted octanol–water partition coefficient (Wildman–Crippen LogP) is 3.78. The molecule has 1 rings (SSSR count). The predicted molar refractivity (Wildman–Crippen MR) is 57.9 cm³/mol. The van der Waals surface area contributed by atoms with Crippen LogP contribution in [0.15, 0.2) is 23.1 Å². The third-order valence-electron chi connectivity index (χ3n) is 1.96. The Hall–Kier alpha value is -0.610. The lowest BCUT2D eigenvalue weighted by molar-refractivity contribution is -0.116. The number of carbonyl (C=O) groups excluding carboxylic acids is 1. The Morgan fingerprint density at radius 3 is 2.53 bits per heavy atom. The van der Waals surface area contributed by atoms with E-state index < -0.39 is 11.8 Å². The minimum atomic E-state index is -2.66. The van der Waals surface area contributed by atoms with Crippen LogP contribution in [-0.4, -0.2) is 5.78 Å². The summed E-state index contributed by atoms with van der Waals surface area (Å²) >= 11 is 9.79. The molecule has 1 aromatic carbocycles. The van der Waals surface area contributed by atoms with Gasteiger partial charge in [0.25, 0.3) is 6.43 Å². The monoisotopic (exact) mass is 250 g/mol. The van der Waals surface area contributed by atoms with Crippen molar-refractivity contribution >= 4 is 30.0 Å². The van der Waals surface area contributed by atoms with Gasteiger partial charge in [0.15, 0.2) is 5.78 Å². The molecule has 82 valence electrons. The number of thiol groups is 1. The Kier molecular flexibility index (Phi) is 4.11. The van der Waals surface area contributed by atoms with Crippen molar-refractivity contribution in [2.45, 2.75) is 23.6 Å². The summed E-state index contributed by atoms with van der Waals surface area (Å²) in [5.74, 6) is -0.375. The van der Waals surface area contributed by atoms with Gasteiger partial charge in [-0.3, -0.25) is 4.79 Å². The molecule has 1 aromatic rings. The van der Waals surface area contributed by atoms with Crippen LogP contribution in [0.5, 0.6) is 0 Å². The molecule has 0 spiro atoms. The van der Waals surface area contributed by atoms with Gasteiger partial charge in [-0.25, -0.2) is 8.78 Å². The van der Waals surface area contributed by atoms with E-state index in [0.29, 0.717) is 4.90 Å². The van der Waals surface area contributed by atoms with Crippen LogP contribution in [0, 0.1) is 0 Å². The van der Waals surface area contributed by atoms with Crippen LogP contribution in [0.4, 0.5) is 8.78 Å². The van der Waals surface area contributed by atoms with Gasteiger partial charge in [-0.15, -0.1) is 24.2 Å². The summed E-state index contributed by atoms with van der Waals surface area (Å²) in [5.41, 5.74) is -0.136. The molecule has 5 heteroatoms. The minimum Gasteiger partial charge on any atom is -0.298 e. The molecule has 0 aromatic heterocycles. The average Bonchev–Trinajstić information content (AvgIpc) is 2.16. The Bertz CT molecular complexity index is 382. The third kappa shape index (κ3) is 2.69. The third-order valence-corrected chi connectivity index (χ3v) is 2.88. The Labute approximate surface area is 96.8 Å². The van der Waals surface area contributed by atoms with E-state index in [2.05, 4.69) is 12.6 Å². The van der Waals surface area contributed by atoms with E-state index in [-0.39, 0.29) is 16.9 Å². The van der Waals surface area contributed by atoms with Crippen LogP contribution in [0.2, 0.25) is 0 Å². The summed E-state index contributed by atoms with van der Waals surface area (Å²) in [6, 6.07) is 4.23. The normalized spacial score (nSPS) is 12.9. The van der Waals surface area contributed by atoms with Crippen LogP contribution >= 0.6 is 24.2 Å². The lowest BCUT2D eigenvalue weighted by Gasteiger charge is -2.14. The van der Waals surface area contributed by atoms with E-state index in [1.165, 1.54) is 25.1 Å². The second-order valence-corrected chi connectivity index (χ2v) is 3.97. The first kappa shape index (κ1) is 12.5. The van der Waals surface area contributed by atoms with Gasteiger partial charge in [-0.05, 0) is 18.6 Å². The van der Waals surface area contributed by atoms with Crippen LogP contribution in [-0.2, 0) is 4.79 Å². The number of halogens is 3. The second-order valence-electron chi connectivity index (χ2n) is 3.05. The van der Waals surface area contributed by atoms with E-state index >= 15 is 0 Å². The summed E-state index contributed by atoms with van der Waals surface area (Å²) in [6.07, 6.45) is -2.66. The first-order valence-electron chi connectivity index (χ1n) is 4.19. The number of benzene rings is 1. The summed E-state index contributed by atoms with van der Waals surface area (Å²) in [6.45, 7) is 1.26. The summed E-state index contributed by atoms with van der Waals surface area (Å²) in [7, 11) is 0. The Morgan fingerprint density at radius 2 is 2.07 bits per heavy atom. The maximum absolute atomic E-state index is 12.6. The zero-order valence-corrected chi connectivity index (χ0v) is 9.53. The smallest absolute Gasteiger partial charge is 0.264 e. The van der Waals surface area contributed by atoms with Gasteiger partial charge in [0.1, 0.15) is 5.38 Å². The van der Waals surface area contributed by atoms with Gasteiger partial charge in [0.05, 0.1) is 0 Å². The fraction of sp³-hybridized carbons (Fsp3) is 0.300. The Morgan fingerprint density at radius 1 is 1.47 bits per heavy atom. The highest BCUT2D eigenvalue weighted by atomic mass is 35.5. The minimum absolute atomic E-state index is 0.102. The number of Topliss-reactive ketones (excluding diaryl/α,β-unsaturated/α-hetero) is 1. The molecule has 0 saturated heterocycles. The lowest BCUT2D eigenvalue weighted by Crippen LogP contribution is -2.06. The number of hydrogen-bond acceptors (Lipinski definition) is 2. The maximum Gasteiger partial charge on any atom is 0.264 e. The molecule has 0 bridgehead atoms. The van der Waals surface area contributed by atoms with Crippen LogP contribution in [0.3, 0.4) is 0 Å². The molecule has 0 radical (unpaired) electrons.